The second-order valence-electron chi connectivity index (χ2n) is 8.83. The lowest BCUT2D eigenvalue weighted by Crippen LogP contribution is -2.55. The van der Waals surface area contributed by atoms with E-state index < -0.39 is 0 Å². The SMILES string of the molecule is CC(c1ccco1)N(C(=O)C12CC3CC(CC(C3)C1)C2)C1CC1. The van der Waals surface area contributed by atoms with Gasteiger partial charge in [0.05, 0.1) is 17.7 Å². The number of carbonyl (C=O) groups excluding carboxylic acids is 1. The third kappa shape index (κ3) is 2.19. The van der Waals surface area contributed by atoms with Gasteiger partial charge in [0.1, 0.15) is 5.76 Å². The van der Waals surface area contributed by atoms with Crippen LogP contribution in [0.4, 0.5) is 0 Å². The van der Waals surface area contributed by atoms with Gasteiger partial charge in [-0.05, 0) is 88.2 Å². The Hall–Kier alpha value is -1.25. The molecule has 3 heteroatoms. The number of hydrogen-bond donors (Lipinski definition) is 0. The predicted molar refractivity (Wildman–Crippen MR) is 87.6 cm³/mol. The van der Waals surface area contributed by atoms with Gasteiger partial charge in [-0.1, -0.05) is 0 Å². The summed E-state index contributed by atoms with van der Waals surface area (Å²) in [5.74, 6) is 3.87. The highest BCUT2D eigenvalue weighted by Gasteiger charge is 2.57. The molecule has 1 unspecified atom stereocenters. The summed E-state index contributed by atoms with van der Waals surface area (Å²) >= 11 is 0. The van der Waals surface area contributed by atoms with E-state index in [1.54, 1.807) is 6.26 Å². The molecule has 1 amide bonds. The van der Waals surface area contributed by atoms with E-state index in [2.05, 4.69) is 11.8 Å². The summed E-state index contributed by atoms with van der Waals surface area (Å²) in [6.45, 7) is 2.15. The lowest BCUT2D eigenvalue weighted by atomic mass is 9.49. The molecule has 0 spiro atoms. The Bertz CT molecular complexity index is 566. The quantitative estimate of drug-likeness (QED) is 0.817. The standard InChI is InChI=1S/C20H27NO2/c1-13(18-3-2-6-23-18)21(17-4-5-17)19(22)20-10-14-7-15(11-20)9-16(8-14)12-20/h2-3,6,13-17H,4-5,7-12H2,1H3. The molecule has 6 rings (SSSR count). The van der Waals surface area contributed by atoms with Crippen molar-refractivity contribution in [2.75, 3.05) is 0 Å². The maximum absolute atomic E-state index is 13.7. The number of furan rings is 1. The Balaban J connectivity index is 1.46. The smallest absolute Gasteiger partial charge is 0.229 e. The van der Waals surface area contributed by atoms with Crippen molar-refractivity contribution in [1.29, 1.82) is 0 Å². The maximum atomic E-state index is 13.7. The minimum atomic E-state index is -0.0296. The summed E-state index contributed by atoms with van der Waals surface area (Å²) in [5, 5.41) is 0. The van der Waals surface area contributed by atoms with Crippen LogP contribution in [0.25, 0.3) is 0 Å². The molecule has 5 aliphatic carbocycles. The third-order valence-electron chi connectivity index (χ3n) is 7.04. The molecule has 1 aromatic rings. The average molecular weight is 313 g/mol. The largest absolute Gasteiger partial charge is 0.467 e. The van der Waals surface area contributed by atoms with Crippen molar-refractivity contribution in [2.45, 2.75) is 70.4 Å². The van der Waals surface area contributed by atoms with Gasteiger partial charge in [-0.25, -0.2) is 0 Å². The fourth-order valence-electron chi connectivity index (χ4n) is 6.32. The van der Waals surface area contributed by atoms with Crippen LogP contribution in [0.15, 0.2) is 22.8 Å². The molecule has 1 heterocycles. The first-order chi connectivity index (χ1) is 11.1. The van der Waals surface area contributed by atoms with Gasteiger partial charge in [-0.2, -0.15) is 0 Å². The van der Waals surface area contributed by atoms with Gasteiger partial charge in [0.2, 0.25) is 5.91 Å². The molecule has 5 saturated carbocycles. The zero-order chi connectivity index (χ0) is 15.6. The number of hydrogen-bond acceptors (Lipinski definition) is 2. The average Bonchev–Trinajstić information content (AvgIpc) is 3.18. The van der Waals surface area contributed by atoms with Crippen molar-refractivity contribution in [3.8, 4) is 0 Å². The molecule has 124 valence electrons. The molecule has 1 aromatic heterocycles. The lowest BCUT2D eigenvalue weighted by Gasteiger charge is -2.57. The molecule has 0 aliphatic heterocycles. The molecule has 0 N–H and O–H groups in total. The predicted octanol–water partition coefficient (Wildman–Crippen LogP) is 4.55. The maximum Gasteiger partial charge on any atom is 0.229 e. The van der Waals surface area contributed by atoms with Crippen LogP contribution in [0.1, 0.15) is 70.1 Å². The van der Waals surface area contributed by atoms with E-state index in [1.165, 1.54) is 32.1 Å². The third-order valence-corrected chi connectivity index (χ3v) is 7.04. The molecule has 0 saturated heterocycles. The number of amides is 1. The molecule has 5 fully saturated rings. The van der Waals surface area contributed by atoms with Gasteiger partial charge in [0, 0.05) is 6.04 Å². The number of rotatable bonds is 4. The van der Waals surface area contributed by atoms with E-state index in [0.29, 0.717) is 11.9 Å². The first-order valence-corrected chi connectivity index (χ1v) is 9.51. The molecular formula is C20H27NO2. The first kappa shape index (κ1) is 14.1. The van der Waals surface area contributed by atoms with Crippen LogP contribution in [0.3, 0.4) is 0 Å². The van der Waals surface area contributed by atoms with Gasteiger partial charge in [-0.3, -0.25) is 4.79 Å². The van der Waals surface area contributed by atoms with Gasteiger partial charge < -0.3 is 9.32 Å². The van der Waals surface area contributed by atoms with Crippen LogP contribution >= 0.6 is 0 Å². The van der Waals surface area contributed by atoms with Crippen LogP contribution < -0.4 is 0 Å². The van der Waals surface area contributed by atoms with E-state index in [-0.39, 0.29) is 11.5 Å². The highest BCUT2D eigenvalue weighted by atomic mass is 16.3. The fraction of sp³-hybridized carbons (Fsp3) is 0.750. The molecule has 1 atom stereocenters. The molecule has 23 heavy (non-hydrogen) atoms. The summed E-state index contributed by atoms with van der Waals surface area (Å²) in [4.78, 5) is 15.9. The summed E-state index contributed by atoms with van der Waals surface area (Å²) in [6.07, 6.45) is 11.7. The molecule has 4 bridgehead atoms. The summed E-state index contributed by atoms with van der Waals surface area (Å²) < 4.78 is 5.63. The molecule has 0 radical (unpaired) electrons. The van der Waals surface area contributed by atoms with Crippen LogP contribution in [0, 0.1) is 23.2 Å². The van der Waals surface area contributed by atoms with E-state index in [1.807, 2.05) is 12.1 Å². The van der Waals surface area contributed by atoms with Gasteiger partial charge >= 0.3 is 0 Å². The van der Waals surface area contributed by atoms with E-state index >= 15 is 0 Å². The highest BCUT2D eigenvalue weighted by Crippen LogP contribution is 2.61. The van der Waals surface area contributed by atoms with Crippen molar-refractivity contribution >= 4 is 5.91 Å². The van der Waals surface area contributed by atoms with Crippen molar-refractivity contribution < 1.29 is 9.21 Å². The van der Waals surface area contributed by atoms with Gasteiger partial charge in [0.15, 0.2) is 0 Å². The second kappa shape index (κ2) is 4.87. The summed E-state index contributed by atoms with van der Waals surface area (Å²) in [6, 6.07) is 4.49. The number of carbonyl (C=O) groups is 1. The van der Waals surface area contributed by atoms with Crippen LogP contribution in [0.5, 0.6) is 0 Å². The Morgan fingerprint density at radius 3 is 2.26 bits per heavy atom. The van der Waals surface area contributed by atoms with E-state index in [4.69, 9.17) is 4.42 Å². The molecule has 0 aromatic carbocycles. The van der Waals surface area contributed by atoms with Crippen LogP contribution in [-0.4, -0.2) is 16.8 Å². The highest BCUT2D eigenvalue weighted by molar-refractivity contribution is 5.84. The Kier molecular flexibility index (Phi) is 2.99. The minimum Gasteiger partial charge on any atom is -0.467 e. The Morgan fingerprint density at radius 2 is 1.78 bits per heavy atom. The Morgan fingerprint density at radius 1 is 1.17 bits per heavy atom. The lowest BCUT2D eigenvalue weighted by molar-refractivity contribution is -0.161. The monoisotopic (exact) mass is 313 g/mol. The summed E-state index contributed by atoms with van der Waals surface area (Å²) in [5.41, 5.74) is -0.0296. The van der Waals surface area contributed by atoms with Gasteiger partial charge in [-0.15, -0.1) is 0 Å². The minimum absolute atomic E-state index is 0.0296. The van der Waals surface area contributed by atoms with Crippen molar-refractivity contribution in [1.82, 2.24) is 4.90 Å². The van der Waals surface area contributed by atoms with Gasteiger partial charge in [0.25, 0.3) is 0 Å². The zero-order valence-corrected chi connectivity index (χ0v) is 14.0. The second-order valence-corrected chi connectivity index (χ2v) is 8.83. The van der Waals surface area contributed by atoms with E-state index in [9.17, 15) is 4.79 Å². The van der Waals surface area contributed by atoms with Crippen molar-refractivity contribution in [3.05, 3.63) is 24.2 Å². The zero-order valence-electron chi connectivity index (χ0n) is 14.0. The number of nitrogens with zero attached hydrogens (tertiary/aromatic N) is 1. The van der Waals surface area contributed by atoms with Crippen molar-refractivity contribution in [3.63, 3.8) is 0 Å². The fourth-order valence-corrected chi connectivity index (χ4v) is 6.32. The summed E-state index contributed by atoms with van der Waals surface area (Å²) in [7, 11) is 0. The molecule has 5 aliphatic rings. The Labute approximate surface area is 138 Å². The normalized spacial score (nSPS) is 39.4. The van der Waals surface area contributed by atoms with E-state index in [0.717, 1.165) is 42.8 Å². The topological polar surface area (TPSA) is 33.5 Å². The first-order valence-electron chi connectivity index (χ1n) is 9.51. The van der Waals surface area contributed by atoms with Crippen LogP contribution in [0.2, 0.25) is 0 Å². The molecule has 3 nitrogen and oxygen atoms in total. The van der Waals surface area contributed by atoms with Crippen LogP contribution in [-0.2, 0) is 4.79 Å². The molecular weight excluding hydrogens is 286 g/mol. The van der Waals surface area contributed by atoms with Crippen molar-refractivity contribution in [2.24, 2.45) is 23.2 Å².